The summed E-state index contributed by atoms with van der Waals surface area (Å²) in [6.07, 6.45) is 8.84. The Balaban J connectivity index is 1.43. The Morgan fingerprint density at radius 1 is 1.00 bits per heavy atom. The maximum Gasteiger partial charge on any atom is 0.0144 e. The summed E-state index contributed by atoms with van der Waals surface area (Å²) in [7, 11) is 0. The molecule has 2 heterocycles. The van der Waals surface area contributed by atoms with Gasteiger partial charge in [0, 0.05) is 31.2 Å². The zero-order valence-electron chi connectivity index (χ0n) is 11.3. The smallest absolute Gasteiger partial charge is 0.0144 e. The number of fused-ring (bicyclic) bond motifs is 1. The number of nitrogens with zero attached hydrogens (tertiary/aromatic N) is 2. The van der Waals surface area contributed by atoms with Gasteiger partial charge in [-0.25, -0.2) is 0 Å². The first-order valence-corrected chi connectivity index (χ1v) is 7.98. The number of allylic oxidation sites excluding steroid dienone is 2. The van der Waals surface area contributed by atoms with Crippen molar-refractivity contribution in [2.24, 2.45) is 11.8 Å². The van der Waals surface area contributed by atoms with Gasteiger partial charge in [-0.3, -0.25) is 0 Å². The second-order valence-electron chi connectivity index (χ2n) is 6.27. The number of hydrogen-bond donors (Lipinski definition) is 0. The normalized spacial score (nSPS) is 34.4. The van der Waals surface area contributed by atoms with Gasteiger partial charge < -0.3 is 9.80 Å². The summed E-state index contributed by atoms with van der Waals surface area (Å²) in [5, 5.41) is 1.11. The molecule has 18 heavy (non-hydrogen) atoms. The zero-order chi connectivity index (χ0) is 12.4. The molecule has 0 aromatic carbocycles. The van der Waals surface area contributed by atoms with Crippen molar-refractivity contribution in [1.29, 1.82) is 0 Å². The highest BCUT2D eigenvalue weighted by Gasteiger charge is 2.34. The van der Waals surface area contributed by atoms with Crippen molar-refractivity contribution < 1.29 is 0 Å². The van der Waals surface area contributed by atoms with Crippen LogP contribution in [0.25, 0.3) is 0 Å². The van der Waals surface area contributed by atoms with Gasteiger partial charge in [-0.2, -0.15) is 0 Å². The lowest BCUT2D eigenvalue weighted by Gasteiger charge is -2.28. The third-order valence-electron chi connectivity index (χ3n) is 4.93. The van der Waals surface area contributed by atoms with Crippen LogP contribution >= 0.6 is 11.6 Å². The van der Waals surface area contributed by atoms with E-state index in [0.717, 1.165) is 23.3 Å². The average Bonchev–Trinajstić information content (AvgIpc) is 2.79. The maximum atomic E-state index is 6.16. The van der Waals surface area contributed by atoms with E-state index in [4.69, 9.17) is 11.6 Å². The molecule has 2 fully saturated rings. The Morgan fingerprint density at radius 2 is 1.72 bits per heavy atom. The molecule has 2 nitrogen and oxygen atoms in total. The molecule has 3 aliphatic rings. The molecule has 0 amide bonds. The lowest BCUT2D eigenvalue weighted by molar-refractivity contribution is 0.193. The number of likely N-dealkylation sites (tertiary alicyclic amines) is 2. The molecule has 102 valence electrons. The van der Waals surface area contributed by atoms with Crippen LogP contribution in [0, 0.1) is 11.8 Å². The first kappa shape index (κ1) is 13.0. The summed E-state index contributed by atoms with van der Waals surface area (Å²) in [6, 6.07) is 0. The predicted molar refractivity (Wildman–Crippen MR) is 76.9 cm³/mol. The first-order chi connectivity index (χ1) is 8.81. The zero-order valence-corrected chi connectivity index (χ0v) is 12.0. The van der Waals surface area contributed by atoms with E-state index in [1.807, 2.05) is 0 Å². The first-order valence-electron chi connectivity index (χ1n) is 7.60. The van der Waals surface area contributed by atoms with E-state index in [1.54, 1.807) is 0 Å². The summed E-state index contributed by atoms with van der Waals surface area (Å²) in [5.41, 5.74) is 0. The van der Waals surface area contributed by atoms with Crippen LogP contribution in [0.2, 0.25) is 0 Å². The van der Waals surface area contributed by atoms with Crippen molar-refractivity contribution >= 4 is 11.6 Å². The van der Waals surface area contributed by atoms with Gasteiger partial charge in [-0.05, 0) is 50.6 Å². The third-order valence-corrected chi connectivity index (χ3v) is 5.24. The molecule has 2 atom stereocenters. The van der Waals surface area contributed by atoms with Crippen LogP contribution in [-0.2, 0) is 0 Å². The van der Waals surface area contributed by atoms with E-state index in [1.165, 1.54) is 65.0 Å². The van der Waals surface area contributed by atoms with Crippen LogP contribution in [0.1, 0.15) is 32.1 Å². The largest absolute Gasteiger partial charge is 0.302 e. The maximum absolute atomic E-state index is 6.16. The minimum atomic E-state index is 0.837. The molecule has 0 unspecified atom stereocenters. The highest BCUT2D eigenvalue weighted by atomic mass is 35.5. The molecule has 2 saturated heterocycles. The molecule has 0 aromatic heterocycles. The molecule has 1 aliphatic carbocycles. The highest BCUT2D eigenvalue weighted by Crippen LogP contribution is 2.36. The van der Waals surface area contributed by atoms with E-state index in [-0.39, 0.29) is 0 Å². The molecular weight excluding hydrogens is 244 g/mol. The molecule has 0 aromatic rings. The van der Waals surface area contributed by atoms with Crippen molar-refractivity contribution in [3.63, 3.8) is 0 Å². The van der Waals surface area contributed by atoms with Gasteiger partial charge in [0.1, 0.15) is 0 Å². The Morgan fingerprint density at radius 3 is 2.56 bits per heavy atom. The Labute approximate surface area is 116 Å². The van der Waals surface area contributed by atoms with Gasteiger partial charge in [0.15, 0.2) is 0 Å². The summed E-state index contributed by atoms with van der Waals surface area (Å²) in [6.45, 7) is 7.79. The Bertz CT molecular complexity index is 310. The highest BCUT2D eigenvalue weighted by molar-refractivity contribution is 6.29. The minimum absolute atomic E-state index is 0.837. The van der Waals surface area contributed by atoms with Crippen LogP contribution < -0.4 is 0 Å². The molecule has 0 saturated carbocycles. The Kier molecular flexibility index (Phi) is 4.27. The van der Waals surface area contributed by atoms with E-state index in [2.05, 4.69) is 15.9 Å². The third kappa shape index (κ3) is 3.09. The predicted octanol–water partition coefficient (Wildman–Crippen LogP) is 2.94. The second kappa shape index (κ2) is 5.94. The van der Waals surface area contributed by atoms with Crippen molar-refractivity contribution in [2.45, 2.75) is 32.1 Å². The molecule has 3 rings (SSSR count). The number of halogens is 1. The van der Waals surface area contributed by atoms with Crippen LogP contribution in [0.15, 0.2) is 11.1 Å². The van der Waals surface area contributed by atoms with Gasteiger partial charge in [-0.15, -0.1) is 0 Å². The quantitative estimate of drug-likeness (QED) is 0.777. The SMILES string of the molecule is ClC1=CC[C@@H]2CN(CCN3CCCCC3)C[C@H]2C1. The van der Waals surface area contributed by atoms with Crippen LogP contribution in [0.3, 0.4) is 0 Å². The number of piperidine rings is 1. The molecule has 0 radical (unpaired) electrons. The van der Waals surface area contributed by atoms with Crippen molar-refractivity contribution in [2.75, 3.05) is 39.3 Å². The monoisotopic (exact) mass is 268 g/mol. The lowest BCUT2D eigenvalue weighted by atomic mass is 9.86. The van der Waals surface area contributed by atoms with Gasteiger partial charge in [0.2, 0.25) is 0 Å². The topological polar surface area (TPSA) is 6.48 Å². The van der Waals surface area contributed by atoms with Crippen LogP contribution in [0.4, 0.5) is 0 Å². The minimum Gasteiger partial charge on any atom is -0.302 e. The number of hydrogen-bond acceptors (Lipinski definition) is 2. The average molecular weight is 269 g/mol. The van der Waals surface area contributed by atoms with Crippen molar-refractivity contribution in [3.8, 4) is 0 Å². The van der Waals surface area contributed by atoms with Crippen LogP contribution in [-0.4, -0.2) is 49.1 Å². The fourth-order valence-corrected chi connectivity index (χ4v) is 4.08. The second-order valence-corrected chi connectivity index (χ2v) is 6.76. The van der Waals surface area contributed by atoms with Gasteiger partial charge >= 0.3 is 0 Å². The summed E-state index contributed by atoms with van der Waals surface area (Å²) in [5.74, 6) is 1.72. The van der Waals surface area contributed by atoms with Gasteiger partial charge in [-0.1, -0.05) is 24.1 Å². The number of rotatable bonds is 3. The van der Waals surface area contributed by atoms with Gasteiger partial charge in [0.25, 0.3) is 0 Å². The molecule has 3 heteroatoms. The Hall–Kier alpha value is -0.0500. The summed E-state index contributed by atoms with van der Waals surface area (Å²) in [4.78, 5) is 5.32. The fraction of sp³-hybridized carbons (Fsp3) is 0.867. The molecule has 0 bridgehead atoms. The molecule has 2 aliphatic heterocycles. The lowest BCUT2D eigenvalue weighted by Crippen LogP contribution is -2.37. The van der Waals surface area contributed by atoms with E-state index >= 15 is 0 Å². The van der Waals surface area contributed by atoms with E-state index in [9.17, 15) is 0 Å². The molecule has 0 spiro atoms. The van der Waals surface area contributed by atoms with Gasteiger partial charge in [0.05, 0.1) is 0 Å². The molecule has 0 N–H and O–H groups in total. The fourth-order valence-electron chi connectivity index (χ4n) is 3.80. The van der Waals surface area contributed by atoms with E-state index in [0.29, 0.717) is 0 Å². The van der Waals surface area contributed by atoms with Crippen molar-refractivity contribution in [3.05, 3.63) is 11.1 Å². The summed E-state index contributed by atoms with van der Waals surface area (Å²) < 4.78 is 0. The van der Waals surface area contributed by atoms with E-state index < -0.39 is 0 Å². The standard InChI is InChI=1S/C15H25ClN2/c16-15-5-4-13-11-18(12-14(13)10-15)9-8-17-6-2-1-3-7-17/h5,13-14H,1-4,6-12H2/t13-,14-/m1/s1. The van der Waals surface area contributed by atoms with Crippen molar-refractivity contribution in [1.82, 2.24) is 9.80 Å². The molecular formula is C15H25ClN2. The van der Waals surface area contributed by atoms with Crippen LogP contribution in [0.5, 0.6) is 0 Å². The summed E-state index contributed by atoms with van der Waals surface area (Å²) >= 11 is 6.16.